The quantitative estimate of drug-likeness (QED) is 0.0138. The molecule has 0 aliphatic rings. The van der Waals surface area contributed by atoms with Crippen LogP contribution in [0.5, 0.6) is 11.5 Å². The lowest BCUT2D eigenvalue weighted by atomic mass is 9.86. The Bertz CT molecular complexity index is 2210. The number of allylic oxidation sites excluding steroid dienone is 10. The van der Waals surface area contributed by atoms with Gasteiger partial charge in [0.2, 0.25) is 5.91 Å². The van der Waals surface area contributed by atoms with Crippen LogP contribution in [-0.2, 0) is 23.9 Å². The largest absolute Gasteiger partial charge is 0.465 e. The monoisotopic (exact) mass is 968 g/mol. The van der Waals surface area contributed by atoms with E-state index in [4.69, 9.17) is 24.7 Å². The van der Waals surface area contributed by atoms with Crippen molar-refractivity contribution in [3.8, 4) is 11.5 Å². The molecule has 1 heterocycles. The highest BCUT2D eigenvalue weighted by molar-refractivity contribution is 8.76. The molecule has 0 radical (unpaired) electrons. The summed E-state index contributed by atoms with van der Waals surface area (Å²) in [6.45, 7) is 5.96. The number of rotatable bonds is 31. The molecule has 2 aromatic carbocycles. The topological polar surface area (TPSA) is 202 Å². The predicted molar refractivity (Wildman–Crippen MR) is 269 cm³/mol. The van der Waals surface area contributed by atoms with E-state index in [1.54, 1.807) is 53.6 Å². The van der Waals surface area contributed by atoms with Crippen molar-refractivity contribution in [3.05, 3.63) is 151 Å². The molecule has 68 heavy (non-hydrogen) atoms. The van der Waals surface area contributed by atoms with Crippen LogP contribution in [0, 0.1) is 5.41 Å². The number of aromatic nitrogens is 1. The van der Waals surface area contributed by atoms with Crippen LogP contribution in [0.3, 0.4) is 0 Å². The minimum atomic E-state index is -1.53. The Labute approximate surface area is 408 Å². The van der Waals surface area contributed by atoms with Crippen molar-refractivity contribution >= 4 is 57.3 Å². The number of hydrogen-bond donors (Lipinski definition) is 3. The lowest BCUT2D eigenvalue weighted by Gasteiger charge is -2.32. The fourth-order valence-corrected chi connectivity index (χ4v) is 7.62. The maximum Gasteiger partial charge on any atom is 0.347 e. The molecule has 0 saturated carbocycles. The molecule has 0 bridgehead atoms. The summed E-state index contributed by atoms with van der Waals surface area (Å²) in [6, 6.07) is 14.8. The van der Waals surface area contributed by atoms with Gasteiger partial charge in [-0.2, -0.15) is 0 Å². The Morgan fingerprint density at radius 3 is 1.99 bits per heavy atom. The van der Waals surface area contributed by atoms with Crippen LogP contribution >= 0.6 is 21.6 Å². The normalized spacial score (nSPS) is 12.2. The van der Waals surface area contributed by atoms with Gasteiger partial charge in [-0.05, 0) is 74.9 Å². The van der Waals surface area contributed by atoms with Crippen LogP contribution in [0.2, 0.25) is 0 Å². The van der Waals surface area contributed by atoms with Crippen molar-refractivity contribution in [2.45, 2.75) is 78.2 Å². The van der Waals surface area contributed by atoms with E-state index < -0.39 is 41.3 Å². The number of carbonyl (C=O) groups is 6. The Morgan fingerprint density at radius 1 is 0.706 bits per heavy atom. The number of nitrogens with zero attached hydrogens (tertiary/aromatic N) is 1. The molecule has 0 fully saturated rings. The number of amides is 2. The molecule has 364 valence electrons. The number of pyridine rings is 1. The zero-order chi connectivity index (χ0) is 49.2. The number of unbranched alkanes of at least 4 members (excludes halogenated alkanes) is 1. The summed E-state index contributed by atoms with van der Waals surface area (Å²) in [5, 5.41) is 5.48. The van der Waals surface area contributed by atoms with Crippen molar-refractivity contribution in [1.82, 2.24) is 15.6 Å². The van der Waals surface area contributed by atoms with E-state index in [0.29, 0.717) is 31.7 Å². The van der Waals surface area contributed by atoms with Gasteiger partial charge in [0.25, 0.3) is 5.91 Å². The molecule has 0 unspecified atom stereocenters. The molecule has 16 heteroatoms. The molecule has 3 rings (SSSR count). The van der Waals surface area contributed by atoms with Crippen LogP contribution in [0.15, 0.2) is 134 Å². The number of carbonyl (C=O) groups excluding carboxylic acids is 6. The SMILES string of the molecule is CC/C=C\C/C=C\C/C=C\C/C=C/C=C/CCCC(=O)OCC(C)(C)[C@@H](OC(=O)c1ccccc1OC(=O)c1ccccc1OC(=O)c1cccnc1)C(=O)NCCC(=O)NCCSSCCN. The fourth-order valence-electron chi connectivity index (χ4n) is 5.86. The van der Waals surface area contributed by atoms with Crippen LogP contribution in [0.4, 0.5) is 0 Å². The molecule has 0 aliphatic heterocycles. The third-order valence-electron chi connectivity index (χ3n) is 9.42. The number of esters is 4. The average Bonchev–Trinajstić information content (AvgIpc) is 3.34. The number of ether oxygens (including phenoxy) is 4. The third kappa shape index (κ3) is 22.5. The number of para-hydroxylation sites is 2. The van der Waals surface area contributed by atoms with Gasteiger partial charge in [-0.15, -0.1) is 0 Å². The van der Waals surface area contributed by atoms with Gasteiger partial charge < -0.3 is 35.3 Å². The second-order valence-electron chi connectivity index (χ2n) is 15.5. The summed E-state index contributed by atoms with van der Waals surface area (Å²) in [4.78, 5) is 83.4. The van der Waals surface area contributed by atoms with Gasteiger partial charge in [-0.3, -0.25) is 19.4 Å². The maximum absolute atomic E-state index is 14.0. The first-order valence-electron chi connectivity index (χ1n) is 22.6. The number of hydrogen-bond acceptors (Lipinski definition) is 14. The molecule has 2 amide bonds. The van der Waals surface area contributed by atoms with Gasteiger partial charge >= 0.3 is 23.9 Å². The van der Waals surface area contributed by atoms with E-state index >= 15 is 0 Å². The first-order chi connectivity index (χ1) is 33.0. The van der Waals surface area contributed by atoms with Gasteiger partial charge in [-0.1, -0.05) is 127 Å². The molecule has 14 nitrogen and oxygen atoms in total. The molecular weight excluding hydrogens is 905 g/mol. The van der Waals surface area contributed by atoms with Crippen LogP contribution in [-0.4, -0.2) is 84.5 Å². The summed E-state index contributed by atoms with van der Waals surface area (Å²) in [7, 11) is 3.21. The highest BCUT2D eigenvalue weighted by Gasteiger charge is 2.40. The van der Waals surface area contributed by atoms with Gasteiger partial charge in [0.15, 0.2) is 6.10 Å². The number of benzene rings is 2. The van der Waals surface area contributed by atoms with Crippen LogP contribution in [0.1, 0.15) is 103 Å². The lowest BCUT2D eigenvalue weighted by molar-refractivity contribution is -0.153. The molecule has 1 aromatic heterocycles. The summed E-state index contributed by atoms with van der Waals surface area (Å²) in [5.74, 6) is -3.04. The molecule has 0 saturated heterocycles. The molecular formula is C52H64N4O10S2. The maximum atomic E-state index is 14.0. The minimum absolute atomic E-state index is 0.0447. The van der Waals surface area contributed by atoms with Crippen molar-refractivity contribution in [1.29, 1.82) is 0 Å². The molecule has 1 atom stereocenters. The van der Waals surface area contributed by atoms with Crippen molar-refractivity contribution in [2.24, 2.45) is 11.1 Å². The predicted octanol–water partition coefficient (Wildman–Crippen LogP) is 9.11. The van der Waals surface area contributed by atoms with Gasteiger partial charge in [0.1, 0.15) is 29.2 Å². The highest BCUT2D eigenvalue weighted by atomic mass is 33.1. The van der Waals surface area contributed by atoms with E-state index in [9.17, 15) is 28.8 Å². The number of nitrogens with one attached hydrogen (secondary N) is 2. The fraction of sp³-hybridized carbons (Fsp3) is 0.365. The summed E-state index contributed by atoms with van der Waals surface area (Å²) in [6.07, 6.45) is 27.0. The second-order valence-corrected chi connectivity index (χ2v) is 18.3. The zero-order valence-corrected chi connectivity index (χ0v) is 40.7. The minimum Gasteiger partial charge on any atom is -0.465 e. The Morgan fingerprint density at radius 2 is 1.32 bits per heavy atom. The Balaban J connectivity index is 1.64. The Kier molecular flexibility index (Phi) is 27.5. The number of nitrogens with two attached hydrogens (primary N) is 1. The Hall–Kier alpha value is -6.23. The summed E-state index contributed by atoms with van der Waals surface area (Å²) in [5.41, 5.74) is 4.09. The summed E-state index contributed by atoms with van der Waals surface area (Å²) >= 11 is 0. The molecule has 3 aromatic rings. The first kappa shape index (κ1) is 56.1. The molecule has 0 spiro atoms. The first-order valence-corrected chi connectivity index (χ1v) is 25.1. The average molecular weight is 969 g/mol. The van der Waals surface area contributed by atoms with E-state index in [2.05, 4.69) is 65.1 Å². The van der Waals surface area contributed by atoms with Crippen LogP contribution < -0.4 is 25.8 Å². The van der Waals surface area contributed by atoms with Crippen molar-refractivity contribution in [2.75, 3.05) is 37.7 Å². The third-order valence-corrected chi connectivity index (χ3v) is 11.9. The second kappa shape index (κ2) is 33.3. The summed E-state index contributed by atoms with van der Waals surface area (Å²) < 4.78 is 22.6. The van der Waals surface area contributed by atoms with E-state index in [1.807, 2.05) is 18.2 Å². The van der Waals surface area contributed by atoms with Gasteiger partial charge in [0.05, 0.1) is 5.56 Å². The highest BCUT2D eigenvalue weighted by Crippen LogP contribution is 2.29. The van der Waals surface area contributed by atoms with E-state index in [-0.39, 0.29) is 60.1 Å². The van der Waals surface area contributed by atoms with E-state index in [1.165, 1.54) is 54.9 Å². The van der Waals surface area contributed by atoms with Crippen molar-refractivity contribution < 1.29 is 47.7 Å². The van der Waals surface area contributed by atoms with E-state index in [0.717, 1.165) is 31.4 Å². The van der Waals surface area contributed by atoms with Crippen LogP contribution in [0.25, 0.3) is 0 Å². The zero-order valence-electron chi connectivity index (χ0n) is 39.1. The van der Waals surface area contributed by atoms with Crippen molar-refractivity contribution in [3.63, 3.8) is 0 Å². The standard InChI is InChI=1S/C52H64N4O10S2/c1-4-5-6-7-8-9-10-11-12-13-14-15-16-17-18-19-30-46(58)63-39-52(2,3)47(48(59)56-34-31-45(57)55-35-37-68-67-36-32-53)66-51(62)42-27-21-23-29-44(42)65-50(61)41-26-20-22-28-43(41)64-49(60)40-25-24-33-54-38-40/h5-6,8-9,11-12,14-17,20-29,33,38,47H,4,7,10,13,18-19,30-32,34-37,39,53H2,1-3H3,(H,55,57)(H,56,59)/b6-5-,9-8-,12-11-,15-14+,17-16+/t47-/m0/s1. The molecule has 4 N–H and O–H groups in total. The van der Waals surface area contributed by atoms with Gasteiger partial charge in [0, 0.05) is 61.8 Å². The lowest BCUT2D eigenvalue weighted by Crippen LogP contribution is -2.49. The molecule has 0 aliphatic carbocycles. The smallest absolute Gasteiger partial charge is 0.347 e. The van der Waals surface area contributed by atoms with Gasteiger partial charge in [-0.25, -0.2) is 14.4 Å².